The van der Waals surface area contributed by atoms with Gasteiger partial charge in [-0.2, -0.15) is 13.2 Å². The predicted octanol–water partition coefficient (Wildman–Crippen LogP) is 1.81. The molecule has 1 aromatic rings. The number of rotatable bonds is 1. The summed E-state index contributed by atoms with van der Waals surface area (Å²) in [7, 11) is -4.12. The topological polar surface area (TPSA) is 54.4 Å². The number of halogens is 3. The summed E-state index contributed by atoms with van der Waals surface area (Å²) in [5.74, 6) is -0.896. The van der Waals surface area contributed by atoms with Gasteiger partial charge in [0.1, 0.15) is 10.6 Å². The normalized spacial score (nSPS) is 12.8. The molecule has 0 amide bonds. The average Bonchev–Trinajstić information content (AvgIpc) is 1.99. The SMILES string of the molecule is CS(=O)(=O)c1c(O)cccc1C(F)(F)F. The lowest BCUT2D eigenvalue weighted by atomic mass is 10.2. The van der Waals surface area contributed by atoms with Crippen LogP contribution in [0.1, 0.15) is 5.56 Å². The highest BCUT2D eigenvalue weighted by Crippen LogP contribution is 2.37. The molecule has 84 valence electrons. The van der Waals surface area contributed by atoms with E-state index < -0.39 is 32.2 Å². The van der Waals surface area contributed by atoms with Crippen molar-refractivity contribution in [1.82, 2.24) is 0 Å². The molecule has 0 atom stereocenters. The fourth-order valence-electron chi connectivity index (χ4n) is 1.14. The molecule has 15 heavy (non-hydrogen) atoms. The van der Waals surface area contributed by atoms with Crippen molar-refractivity contribution >= 4 is 9.84 Å². The Kier molecular flexibility index (Phi) is 2.69. The minimum atomic E-state index is -4.81. The molecule has 1 aromatic carbocycles. The third-order valence-corrected chi connectivity index (χ3v) is 2.84. The van der Waals surface area contributed by atoms with Crippen LogP contribution in [0.15, 0.2) is 23.1 Å². The summed E-state index contributed by atoms with van der Waals surface area (Å²) < 4.78 is 59.3. The summed E-state index contributed by atoms with van der Waals surface area (Å²) in [6.07, 6.45) is -4.20. The number of alkyl halides is 3. The van der Waals surface area contributed by atoms with Gasteiger partial charge in [-0.25, -0.2) is 8.42 Å². The maximum absolute atomic E-state index is 12.4. The third kappa shape index (κ3) is 2.41. The van der Waals surface area contributed by atoms with E-state index in [9.17, 15) is 21.6 Å². The van der Waals surface area contributed by atoms with Crippen LogP contribution in [0.2, 0.25) is 0 Å². The number of hydrogen-bond donors (Lipinski definition) is 1. The molecule has 0 heterocycles. The van der Waals surface area contributed by atoms with E-state index in [1.54, 1.807) is 0 Å². The van der Waals surface area contributed by atoms with E-state index in [2.05, 4.69) is 0 Å². The van der Waals surface area contributed by atoms with Crippen LogP contribution < -0.4 is 0 Å². The molecule has 0 spiro atoms. The van der Waals surface area contributed by atoms with Crippen LogP contribution in [0.4, 0.5) is 13.2 Å². The van der Waals surface area contributed by atoms with Gasteiger partial charge < -0.3 is 5.11 Å². The molecular formula is C8H7F3O3S. The Labute approximate surface area is 84.1 Å². The lowest BCUT2D eigenvalue weighted by Crippen LogP contribution is -2.12. The molecule has 0 aliphatic rings. The summed E-state index contributed by atoms with van der Waals surface area (Å²) in [6, 6.07) is 2.44. The fraction of sp³-hybridized carbons (Fsp3) is 0.250. The standard InChI is InChI=1S/C8H7F3O3S/c1-15(13,14)7-5(8(9,10)11)3-2-4-6(7)12/h2-4,12H,1H3. The molecule has 1 N–H and O–H groups in total. The second kappa shape index (κ2) is 3.41. The van der Waals surface area contributed by atoms with Gasteiger partial charge in [-0.05, 0) is 12.1 Å². The molecule has 1 rings (SSSR count). The fourth-order valence-corrected chi connectivity index (χ4v) is 2.17. The van der Waals surface area contributed by atoms with Crippen molar-refractivity contribution in [2.24, 2.45) is 0 Å². The minimum Gasteiger partial charge on any atom is -0.507 e. The number of phenols is 1. The molecule has 0 saturated carbocycles. The van der Waals surface area contributed by atoms with Crippen LogP contribution >= 0.6 is 0 Å². The largest absolute Gasteiger partial charge is 0.507 e. The number of benzene rings is 1. The summed E-state index contributed by atoms with van der Waals surface area (Å²) in [5, 5.41) is 9.11. The van der Waals surface area contributed by atoms with E-state index >= 15 is 0 Å². The van der Waals surface area contributed by atoms with Crippen molar-refractivity contribution in [2.75, 3.05) is 6.26 Å². The molecule has 0 aliphatic carbocycles. The van der Waals surface area contributed by atoms with E-state index in [1.807, 2.05) is 0 Å². The third-order valence-electron chi connectivity index (χ3n) is 1.67. The van der Waals surface area contributed by atoms with Crippen molar-refractivity contribution in [3.8, 4) is 5.75 Å². The molecule has 0 saturated heterocycles. The Morgan fingerprint density at radius 2 is 1.80 bits per heavy atom. The van der Waals surface area contributed by atoms with Crippen LogP contribution in [0.25, 0.3) is 0 Å². The second-order valence-electron chi connectivity index (χ2n) is 2.92. The van der Waals surface area contributed by atoms with Crippen LogP contribution in [-0.4, -0.2) is 19.8 Å². The van der Waals surface area contributed by atoms with Gasteiger partial charge in [0.25, 0.3) is 0 Å². The average molecular weight is 240 g/mol. The molecule has 0 fully saturated rings. The smallest absolute Gasteiger partial charge is 0.417 e. The van der Waals surface area contributed by atoms with Crippen LogP contribution in [0, 0.1) is 0 Å². The van der Waals surface area contributed by atoms with E-state index in [-0.39, 0.29) is 0 Å². The highest BCUT2D eigenvalue weighted by molar-refractivity contribution is 7.90. The van der Waals surface area contributed by atoms with Crippen LogP contribution in [0.5, 0.6) is 5.75 Å². The summed E-state index contributed by atoms with van der Waals surface area (Å²) in [6.45, 7) is 0. The molecule has 0 aromatic heterocycles. The molecule has 0 aliphatic heterocycles. The second-order valence-corrected chi connectivity index (χ2v) is 4.88. The number of sulfone groups is 1. The van der Waals surface area contributed by atoms with E-state index in [0.717, 1.165) is 12.1 Å². The molecule has 0 unspecified atom stereocenters. The van der Waals surface area contributed by atoms with E-state index in [0.29, 0.717) is 12.3 Å². The lowest BCUT2D eigenvalue weighted by Gasteiger charge is -2.12. The van der Waals surface area contributed by atoms with Gasteiger partial charge in [0.15, 0.2) is 9.84 Å². The van der Waals surface area contributed by atoms with E-state index in [4.69, 9.17) is 5.11 Å². The van der Waals surface area contributed by atoms with Crippen molar-refractivity contribution in [3.63, 3.8) is 0 Å². The minimum absolute atomic E-state index is 0.607. The summed E-state index contributed by atoms with van der Waals surface area (Å²) in [4.78, 5) is -1.09. The van der Waals surface area contributed by atoms with Crippen molar-refractivity contribution < 1.29 is 26.7 Å². The van der Waals surface area contributed by atoms with E-state index in [1.165, 1.54) is 0 Å². The van der Waals surface area contributed by atoms with Gasteiger partial charge in [0.05, 0.1) is 5.56 Å². The van der Waals surface area contributed by atoms with Gasteiger partial charge in [-0.1, -0.05) is 6.07 Å². The van der Waals surface area contributed by atoms with Crippen molar-refractivity contribution in [1.29, 1.82) is 0 Å². The van der Waals surface area contributed by atoms with Gasteiger partial charge in [0.2, 0.25) is 0 Å². The number of hydrogen-bond acceptors (Lipinski definition) is 3. The monoisotopic (exact) mass is 240 g/mol. The quantitative estimate of drug-likeness (QED) is 0.814. The van der Waals surface area contributed by atoms with Gasteiger partial charge in [-0.3, -0.25) is 0 Å². The highest BCUT2D eigenvalue weighted by atomic mass is 32.2. The Morgan fingerprint density at radius 3 is 2.13 bits per heavy atom. The summed E-state index contributed by atoms with van der Waals surface area (Å²) in [5.41, 5.74) is -1.36. The zero-order chi connectivity index (χ0) is 11.9. The number of aromatic hydroxyl groups is 1. The Hall–Kier alpha value is -1.24. The first kappa shape index (κ1) is 11.8. The first-order valence-corrected chi connectivity index (χ1v) is 5.62. The molecule has 7 heteroatoms. The first-order valence-electron chi connectivity index (χ1n) is 3.73. The Bertz CT molecular complexity index is 476. The zero-order valence-electron chi connectivity index (χ0n) is 7.54. The van der Waals surface area contributed by atoms with Gasteiger partial charge in [0, 0.05) is 6.26 Å². The molecule has 0 bridgehead atoms. The maximum Gasteiger partial charge on any atom is 0.417 e. The van der Waals surface area contributed by atoms with Crippen LogP contribution in [-0.2, 0) is 16.0 Å². The molecule has 0 radical (unpaired) electrons. The van der Waals surface area contributed by atoms with Crippen LogP contribution in [0.3, 0.4) is 0 Å². The van der Waals surface area contributed by atoms with Gasteiger partial charge in [-0.15, -0.1) is 0 Å². The lowest BCUT2D eigenvalue weighted by molar-refractivity contribution is -0.140. The molecular weight excluding hydrogens is 233 g/mol. The zero-order valence-corrected chi connectivity index (χ0v) is 8.35. The highest BCUT2D eigenvalue weighted by Gasteiger charge is 2.37. The predicted molar refractivity (Wildman–Crippen MR) is 46.2 cm³/mol. The summed E-state index contributed by atoms with van der Waals surface area (Å²) >= 11 is 0. The van der Waals surface area contributed by atoms with Gasteiger partial charge >= 0.3 is 6.18 Å². The Morgan fingerprint density at radius 1 is 1.27 bits per heavy atom. The maximum atomic E-state index is 12.4. The molecule has 3 nitrogen and oxygen atoms in total. The first-order chi connectivity index (χ1) is 6.64. The van der Waals surface area contributed by atoms with Crippen molar-refractivity contribution in [2.45, 2.75) is 11.1 Å². The van der Waals surface area contributed by atoms with Crippen molar-refractivity contribution in [3.05, 3.63) is 23.8 Å². The Balaban J connectivity index is 3.63. The number of phenolic OH excluding ortho intramolecular Hbond substituents is 1.